The Balaban J connectivity index is 2.28. The molecule has 0 aliphatic carbocycles. The minimum Gasteiger partial charge on any atom is -0.464 e. The fourth-order valence-electron chi connectivity index (χ4n) is 1.46. The molecule has 0 bridgehead atoms. The summed E-state index contributed by atoms with van der Waals surface area (Å²) in [5.74, 6) is 0.319. The Morgan fingerprint density at radius 1 is 1.00 bits per heavy atom. The van der Waals surface area contributed by atoms with Gasteiger partial charge in [-0.25, -0.2) is 0 Å². The maximum absolute atomic E-state index is 6.08. The largest absolute Gasteiger partial charge is 0.464 e. The summed E-state index contributed by atoms with van der Waals surface area (Å²) in [5.41, 5.74) is 0.699. The van der Waals surface area contributed by atoms with Crippen LogP contribution in [0.4, 0.5) is 11.6 Å². The predicted octanol–water partition coefficient (Wildman–Crippen LogP) is 3.07. The molecule has 20 heavy (non-hydrogen) atoms. The normalized spacial score (nSPS) is 10.2. The lowest BCUT2D eigenvalue weighted by Gasteiger charge is -2.09. The highest BCUT2D eigenvalue weighted by Crippen LogP contribution is 2.24. The molecule has 7 heteroatoms. The number of nitrogens with one attached hydrogen (secondary N) is 1. The number of nitrogens with zero attached hydrogens (tertiary/aromatic N) is 3. The fourth-order valence-corrected chi connectivity index (χ4v) is 1.65. The summed E-state index contributed by atoms with van der Waals surface area (Å²) in [4.78, 5) is 12.3. The van der Waals surface area contributed by atoms with Gasteiger partial charge in [-0.2, -0.15) is 9.97 Å². The second kappa shape index (κ2) is 6.91. The standard InChI is InChI=1S/C13H15ClN4O2/c1-3-19-12-16-11(17-13(18-12)20-4-2)15-10-8-6-5-7-9(10)14/h5-8H,3-4H2,1-2H3,(H,15,16,17,18). The minimum atomic E-state index is 0.209. The number of benzene rings is 1. The van der Waals surface area contributed by atoms with E-state index in [0.29, 0.717) is 29.9 Å². The molecule has 0 unspecified atom stereocenters. The van der Waals surface area contributed by atoms with E-state index in [1.807, 2.05) is 32.0 Å². The topological polar surface area (TPSA) is 69.2 Å². The Morgan fingerprint density at radius 3 is 2.15 bits per heavy atom. The van der Waals surface area contributed by atoms with Crippen molar-refractivity contribution < 1.29 is 9.47 Å². The lowest BCUT2D eigenvalue weighted by molar-refractivity contribution is 0.280. The Morgan fingerprint density at radius 2 is 1.60 bits per heavy atom. The van der Waals surface area contributed by atoms with E-state index in [0.717, 1.165) is 0 Å². The molecule has 1 aromatic heterocycles. The van der Waals surface area contributed by atoms with Crippen LogP contribution in [0.5, 0.6) is 12.0 Å². The molecule has 0 aliphatic heterocycles. The van der Waals surface area contributed by atoms with Crippen LogP contribution in [-0.4, -0.2) is 28.2 Å². The highest BCUT2D eigenvalue weighted by Gasteiger charge is 2.09. The molecule has 106 valence electrons. The molecule has 2 aromatic rings. The van der Waals surface area contributed by atoms with Crippen LogP contribution in [0.1, 0.15) is 13.8 Å². The average Bonchev–Trinajstić information content (AvgIpc) is 2.42. The molecule has 1 aromatic carbocycles. The molecule has 2 rings (SSSR count). The summed E-state index contributed by atoms with van der Waals surface area (Å²) in [5, 5.41) is 3.59. The van der Waals surface area contributed by atoms with Gasteiger partial charge in [0.05, 0.1) is 23.9 Å². The molecule has 0 amide bonds. The van der Waals surface area contributed by atoms with Gasteiger partial charge in [0, 0.05) is 0 Å². The Kier molecular flexibility index (Phi) is 4.95. The number of rotatable bonds is 6. The second-order valence-electron chi connectivity index (χ2n) is 3.70. The molecular weight excluding hydrogens is 280 g/mol. The van der Waals surface area contributed by atoms with Crippen LogP contribution in [0.15, 0.2) is 24.3 Å². The van der Waals surface area contributed by atoms with Gasteiger partial charge in [-0.1, -0.05) is 23.7 Å². The predicted molar refractivity (Wildman–Crippen MR) is 76.9 cm³/mol. The summed E-state index contributed by atoms with van der Waals surface area (Å²) in [6, 6.07) is 7.73. The van der Waals surface area contributed by atoms with Gasteiger partial charge in [-0.05, 0) is 26.0 Å². The third-order valence-electron chi connectivity index (χ3n) is 2.26. The molecule has 0 fully saturated rings. The molecule has 0 aliphatic rings. The van der Waals surface area contributed by atoms with Crippen molar-refractivity contribution in [2.75, 3.05) is 18.5 Å². The zero-order chi connectivity index (χ0) is 14.4. The van der Waals surface area contributed by atoms with E-state index in [-0.39, 0.29) is 12.0 Å². The first-order chi connectivity index (χ1) is 9.72. The third kappa shape index (κ3) is 3.71. The molecule has 6 nitrogen and oxygen atoms in total. The molecule has 0 spiro atoms. The number of aromatic nitrogens is 3. The van der Waals surface area contributed by atoms with E-state index >= 15 is 0 Å². The van der Waals surface area contributed by atoms with Gasteiger partial charge in [0.2, 0.25) is 5.95 Å². The first kappa shape index (κ1) is 14.3. The molecule has 1 heterocycles. The number of ether oxygens (including phenoxy) is 2. The Hall–Kier alpha value is -2.08. The maximum Gasteiger partial charge on any atom is 0.324 e. The fraction of sp³-hybridized carbons (Fsp3) is 0.308. The monoisotopic (exact) mass is 294 g/mol. The smallest absolute Gasteiger partial charge is 0.324 e. The van der Waals surface area contributed by atoms with Crippen LogP contribution in [0.3, 0.4) is 0 Å². The molecule has 1 N–H and O–H groups in total. The van der Waals surface area contributed by atoms with E-state index < -0.39 is 0 Å². The summed E-state index contributed by atoms with van der Waals surface area (Å²) in [7, 11) is 0. The zero-order valence-corrected chi connectivity index (χ0v) is 12.0. The molecular formula is C13H15ClN4O2. The maximum atomic E-state index is 6.08. The molecule has 0 atom stereocenters. The molecule has 0 saturated heterocycles. The summed E-state index contributed by atoms with van der Waals surface area (Å²) in [6.45, 7) is 4.62. The lowest BCUT2D eigenvalue weighted by atomic mass is 10.3. The van der Waals surface area contributed by atoms with Crippen molar-refractivity contribution in [3.05, 3.63) is 29.3 Å². The van der Waals surface area contributed by atoms with E-state index in [2.05, 4.69) is 20.3 Å². The van der Waals surface area contributed by atoms with E-state index in [1.165, 1.54) is 0 Å². The first-order valence-corrected chi connectivity index (χ1v) is 6.64. The number of para-hydroxylation sites is 1. The Bertz CT molecular complexity index is 556. The van der Waals surface area contributed by atoms with Crippen molar-refractivity contribution in [3.8, 4) is 12.0 Å². The van der Waals surface area contributed by atoms with Crippen LogP contribution in [0.2, 0.25) is 5.02 Å². The number of anilines is 2. The summed E-state index contributed by atoms with van der Waals surface area (Å²) in [6.07, 6.45) is 0. The van der Waals surface area contributed by atoms with Crippen LogP contribution in [0, 0.1) is 0 Å². The van der Waals surface area contributed by atoms with Gasteiger partial charge in [0.15, 0.2) is 0 Å². The number of halogens is 1. The van der Waals surface area contributed by atoms with Gasteiger partial charge >= 0.3 is 12.0 Å². The summed E-state index contributed by atoms with van der Waals surface area (Å²) >= 11 is 6.08. The highest BCUT2D eigenvalue weighted by atomic mass is 35.5. The number of hydrogen-bond donors (Lipinski definition) is 1. The van der Waals surface area contributed by atoms with Crippen molar-refractivity contribution in [2.24, 2.45) is 0 Å². The van der Waals surface area contributed by atoms with Gasteiger partial charge in [0.25, 0.3) is 0 Å². The van der Waals surface area contributed by atoms with Crippen LogP contribution < -0.4 is 14.8 Å². The van der Waals surface area contributed by atoms with Crippen molar-refractivity contribution in [2.45, 2.75) is 13.8 Å². The molecule has 0 radical (unpaired) electrons. The second-order valence-corrected chi connectivity index (χ2v) is 4.10. The van der Waals surface area contributed by atoms with Crippen LogP contribution in [-0.2, 0) is 0 Å². The molecule has 0 saturated carbocycles. The van der Waals surface area contributed by atoms with Crippen molar-refractivity contribution in [1.29, 1.82) is 0 Å². The SMILES string of the molecule is CCOc1nc(Nc2ccccc2Cl)nc(OCC)n1. The van der Waals surface area contributed by atoms with Crippen molar-refractivity contribution in [1.82, 2.24) is 15.0 Å². The van der Waals surface area contributed by atoms with Gasteiger partial charge in [-0.15, -0.1) is 4.98 Å². The van der Waals surface area contributed by atoms with Crippen molar-refractivity contribution >= 4 is 23.2 Å². The average molecular weight is 295 g/mol. The minimum absolute atomic E-state index is 0.209. The van der Waals surface area contributed by atoms with E-state index in [9.17, 15) is 0 Å². The van der Waals surface area contributed by atoms with E-state index in [4.69, 9.17) is 21.1 Å². The van der Waals surface area contributed by atoms with E-state index in [1.54, 1.807) is 6.07 Å². The highest BCUT2D eigenvalue weighted by molar-refractivity contribution is 6.33. The quantitative estimate of drug-likeness (QED) is 0.883. The summed E-state index contributed by atoms with van der Waals surface area (Å²) < 4.78 is 10.6. The lowest BCUT2D eigenvalue weighted by Crippen LogP contribution is -2.07. The Labute approximate surface area is 122 Å². The number of hydrogen-bond acceptors (Lipinski definition) is 6. The van der Waals surface area contributed by atoms with Gasteiger partial charge < -0.3 is 14.8 Å². The van der Waals surface area contributed by atoms with Gasteiger partial charge in [0.1, 0.15) is 0 Å². The van der Waals surface area contributed by atoms with Crippen molar-refractivity contribution in [3.63, 3.8) is 0 Å². The third-order valence-corrected chi connectivity index (χ3v) is 2.59. The van der Waals surface area contributed by atoms with Crippen LogP contribution in [0.25, 0.3) is 0 Å². The zero-order valence-electron chi connectivity index (χ0n) is 11.3. The first-order valence-electron chi connectivity index (χ1n) is 6.26. The van der Waals surface area contributed by atoms with Crippen LogP contribution >= 0.6 is 11.6 Å². The van der Waals surface area contributed by atoms with Gasteiger partial charge in [-0.3, -0.25) is 0 Å².